The first-order valence-electron chi connectivity index (χ1n) is 13.3. The van der Waals surface area contributed by atoms with Crippen molar-refractivity contribution in [2.24, 2.45) is 0 Å². The largest absolute Gasteiger partial charge is 0.463 e. The third-order valence-electron chi connectivity index (χ3n) is 5.90. The summed E-state index contributed by atoms with van der Waals surface area (Å²) in [5.74, 6) is -6.03. The highest BCUT2D eigenvalue weighted by Gasteiger charge is 2.57. The second-order valence-corrected chi connectivity index (χ2v) is 9.68. The lowest BCUT2D eigenvalue weighted by atomic mass is 9.96. The lowest BCUT2D eigenvalue weighted by Crippen LogP contribution is -2.67. The maximum atomic E-state index is 12.2. The lowest BCUT2D eigenvalue weighted by Gasteiger charge is -2.48. The van der Waals surface area contributed by atoms with Gasteiger partial charge in [-0.1, -0.05) is 0 Å². The smallest absolute Gasteiger partial charge is 0.303 e. The Morgan fingerprint density at radius 2 is 0.841 bits per heavy atom. The summed E-state index contributed by atoms with van der Waals surface area (Å²) in [6.07, 6.45) is -16.3. The Morgan fingerprint density at radius 3 is 1.27 bits per heavy atom. The van der Waals surface area contributed by atoms with E-state index in [9.17, 15) is 38.7 Å². The van der Waals surface area contributed by atoms with Crippen molar-refractivity contribution in [2.75, 3.05) is 13.2 Å². The van der Waals surface area contributed by atoms with E-state index in [0.29, 0.717) is 0 Å². The zero-order valence-electron chi connectivity index (χ0n) is 25.1. The predicted octanol–water partition coefficient (Wildman–Crippen LogP) is -1.40. The molecule has 2 heterocycles. The van der Waals surface area contributed by atoms with Gasteiger partial charge in [0, 0.05) is 48.5 Å². The molecule has 0 saturated carbocycles. The molecule has 10 atom stereocenters. The zero-order valence-corrected chi connectivity index (χ0v) is 25.1. The van der Waals surface area contributed by atoms with Crippen LogP contribution in [-0.4, -0.2) is 122 Å². The molecule has 0 aromatic rings. The van der Waals surface area contributed by atoms with Crippen LogP contribution in [0.3, 0.4) is 0 Å². The molecule has 0 unspecified atom stereocenters. The van der Waals surface area contributed by atoms with Crippen molar-refractivity contribution < 1.29 is 86.0 Å². The van der Waals surface area contributed by atoms with Crippen LogP contribution < -0.4 is 0 Å². The fourth-order valence-corrected chi connectivity index (χ4v) is 4.49. The van der Waals surface area contributed by atoms with Crippen LogP contribution in [0, 0.1) is 0 Å². The minimum Gasteiger partial charge on any atom is -0.463 e. The van der Waals surface area contributed by atoms with E-state index in [1.807, 2.05) is 0 Å². The van der Waals surface area contributed by atoms with Crippen molar-refractivity contribution in [1.29, 1.82) is 0 Å². The highest BCUT2D eigenvalue weighted by molar-refractivity contribution is 5.69. The van der Waals surface area contributed by atoms with Crippen LogP contribution >= 0.6 is 0 Å². The van der Waals surface area contributed by atoms with Crippen LogP contribution in [0.2, 0.25) is 0 Å². The van der Waals surface area contributed by atoms with E-state index in [0.717, 1.165) is 48.5 Å². The molecule has 2 fully saturated rings. The molecule has 18 heteroatoms. The molecular formula is C26H36O18. The average Bonchev–Trinajstić information content (AvgIpc) is 2.87. The number of ether oxygens (including phenoxy) is 10. The average molecular weight is 637 g/mol. The first kappa shape index (κ1) is 36.3. The van der Waals surface area contributed by atoms with Crippen LogP contribution in [0.25, 0.3) is 0 Å². The van der Waals surface area contributed by atoms with E-state index < -0.39 is 116 Å². The molecule has 0 aromatic heterocycles. The number of hydrogen-bond donors (Lipinski definition) is 1. The van der Waals surface area contributed by atoms with Gasteiger partial charge in [-0.15, -0.1) is 0 Å². The van der Waals surface area contributed by atoms with Gasteiger partial charge in [-0.05, 0) is 0 Å². The molecule has 2 rings (SSSR count). The van der Waals surface area contributed by atoms with E-state index in [2.05, 4.69) is 0 Å². The van der Waals surface area contributed by atoms with Crippen molar-refractivity contribution in [3.05, 3.63) is 0 Å². The van der Waals surface area contributed by atoms with Crippen molar-refractivity contribution in [2.45, 2.75) is 110 Å². The highest BCUT2D eigenvalue weighted by Crippen LogP contribution is 2.34. The van der Waals surface area contributed by atoms with Crippen LogP contribution in [0.4, 0.5) is 0 Å². The SMILES string of the molecule is CC(=O)OC[C@@H]1O[C@H](O[C@H]2[C@@H](OC(C)=O)[C@@H](OC(C)=O)[C@H](O)O[C@@H]2COC(C)=O)[C@H](OC(C)=O)[C@H](OC(C)=O)[C@@H]1OC(C)=O. The predicted molar refractivity (Wildman–Crippen MR) is 135 cm³/mol. The van der Waals surface area contributed by atoms with Crippen LogP contribution in [0.1, 0.15) is 48.5 Å². The van der Waals surface area contributed by atoms with Gasteiger partial charge in [0.25, 0.3) is 0 Å². The minimum absolute atomic E-state index is 0.572. The first-order valence-corrected chi connectivity index (χ1v) is 13.3. The third kappa shape index (κ3) is 10.7. The number of carbonyl (C=O) groups excluding carboxylic acids is 7. The molecule has 0 radical (unpaired) electrons. The summed E-state index contributed by atoms with van der Waals surface area (Å²) in [4.78, 5) is 83.5. The molecule has 2 saturated heterocycles. The number of rotatable bonds is 11. The van der Waals surface area contributed by atoms with E-state index in [1.165, 1.54) is 0 Å². The van der Waals surface area contributed by atoms with E-state index in [-0.39, 0.29) is 0 Å². The summed E-state index contributed by atoms with van der Waals surface area (Å²) in [6, 6.07) is 0. The van der Waals surface area contributed by atoms with Crippen molar-refractivity contribution in [1.82, 2.24) is 0 Å². The second-order valence-electron chi connectivity index (χ2n) is 9.68. The Morgan fingerprint density at radius 1 is 0.477 bits per heavy atom. The Kier molecular flexibility index (Phi) is 13.4. The van der Waals surface area contributed by atoms with Gasteiger partial charge in [0.2, 0.25) is 0 Å². The molecule has 0 aliphatic carbocycles. The van der Waals surface area contributed by atoms with Crippen molar-refractivity contribution in [3.63, 3.8) is 0 Å². The molecule has 44 heavy (non-hydrogen) atoms. The molecule has 248 valence electrons. The fraction of sp³-hybridized carbons (Fsp3) is 0.731. The number of aliphatic hydroxyl groups is 1. The van der Waals surface area contributed by atoms with Crippen LogP contribution in [-0.2, 0) is 80.9 Å². The van der Waals surface area contributed by atoms with E-state index >= 15 is 0 Å². The summed E-state index contributed by atoms with van der Waals surface area (Å²) in [5.41, 5.74) is 0. The van der Waals surface area contributed by atoms with Gasteiger partial charge in [0.05, 0.1) is 0 Å². The Balaban J connectivity index is 2.66. The summed E-state index contributed by atoms with van der Waals surface area (Å²) in [6.45, 7) is 6.11. The molecule has 0 amide bonds. The van der Waals surface area contributed by atoms with Gasteiger partial charge >= 0.3 is 41.8 Å². The molecular weight excluding hydrogens is 600 g/mol. The van der Waals surface area contributed by atoms with Gasteiger partial charge in [0.1, 0.15) is 31.5 Å². The Bertz CT molecular complexity index is 1090. The fourth-order valence-electron chi connectivity index (χ4n) is 4.49. The summed E-state index contributed by atoms with van der Waals surface area (Å²) < 4.78 is 54.1. The maximum Gasteiger partial charge on any atom is 0.303 e. The quantitative estimate of drug-likeness (QED) is 0.203. The zero-order chi connectivity index (χ0) is 33.3. The first-order chi connectivity index (χ1) is 20.5. The van der Waals surface area contributed by atoms with Gasteiger partial charge in [-0.3, -0.25) is 33.6 Å². The molecule has 0 aromatic carbocycles. The topological polar surface area (TPSA) is 232 Å². The van der Waals surface area contributed by atoms with Crippen LogP contribution in [0.5, 0.6) is 0 Å². The van der Waals surface area contributed by atoms with Gasteiger partial charge in [-0.2, -0.15) is 0 Å². The van der Waals surface area contributed by atoms with Gasteiger partial charge in [-0.25, -0.2) is 0 Å². The van der Waals surface area contributed by atoms with Crippen LogP contribution in [0.15, 0.2) is 0 Å². The molecule has 0 bridgehead atoms. The molecule has 2 aliphatic heterocycles. The van der Waals surface area contributed by atoms with Gasteiger partial charge in [0.15, 0.2) is 43.1 Å². The summed E-state index contributed by atoms with van der Waals surface area (Å²) >= 11 is 0. The molecule has 18 nitrogen and oxygen atoms in total. The standard InChI is InChI=1S/C26H36O18/c1-10(27)35-8-17-20(21(38-13(4)30)23(25(34)42-17)40-15(6)32)44-26-24(41-16(7)33)22(39-14(5)31)19(37-12(3)29)18(43-26)9-36-11(2)28/h17-26,34H,8-9H2,1-7H3/t17-,18+,19-,20-,21-,22-,23-,24-,25-,26-/m1/s1. The van der Waals surface area contributed by atoms with E-state index in [4.69, 9.17) is 47.4 Å². The number of esters is 7. The monoisotopic (exact) mass is 636 g/mol. The van der Waals surface area contributed by atoms with Crippen molar-refractivity contribution in [3.8, 4) is 0 Å². The summed E-state index contributed by atoms with van der Waals surface area (Å²) in [5, 5.41) is 10.6. The summed E-state index contributed by atoms with van der Waals surface area (Å²) in [7, 11) is 0. The molecule has 1 N–H and O–H groups in total. The van der Waals surface area contributed by atoms with Gasteiger partial charge < -0.3 is 52.5 Å². The third-order valence-corrected chi connectivity index (χ3v) is 5.90. The van der Waals surface area contributed by atoms with Crippen molar-refractivity contribution >= 4 is 41.8 Å². The molecule has 0 spiro atoms. The number of aliphatic hydroxyl groups excluding tert-OH is 1. The highest BCUT2D eigenvalue weighted by atomic mass is 16.8. The lowest BCUT2D eigenvalue weighted by molar-refractivity contribution is -0.357. The second kappa shape index (κ2) is 16.3. The van der Waals surface area contributed by atoms with E-state index in [1.54, 1.807) is 0 Å². The maximum absolute atomic E-state index is 12.2. The Hall–Kier alpha value is -3.87. The number of hydrogen-bond acceptors (Lipinski definition) is 18. The normalized spacial score (nSPS) is 31.5. The minimum atomic E-state index is -1.90. The Labute approximate surface area is 251 Å². The molecule has 2 aliphatic rings. The number of carbonyl (C=O) groups is 7.